The van der Waals surface area contributed by atoms with Crippen molar-refractivity contribution in [1.29, 1.82) is 0 Å². The molecule has 3 heterocycles. The molecule has 150 valence electrons. The van der Waals surface area contributed by atoms with Crippen molar-refractivity contribution in [3.8, 4) is 22.5 Å². The highest BCUT2D eigenvalue weighted by Gasteiger charge is 2.14. The number of pyridine rings is 2. The van der Waals surface area contributed by atoms with Gasteiger partial charge in [-0.3, -0.25) is 19.4 Å². The summed E-state index contributed by atoms with van der Waals surface area (Å²) in [6.07, 6.45) is 3.59. The second-order valence-electron chi connectivity index (χ2n) is 7.28. The quantitative estimate of drug-likeness (QED) is 0.550. The van der Waals surface area contributed by atoms with Gasteiger partial charge in [0.05, 0.1) is 11.4 Å². The van der Waals surface area contributed by atoms with Gasteiger partial charge in [-0.2, -0.15) is 5.10 Å². The van der Waals surface area contributed by atoms with Crippen LogP contribution in [0.1, 0.15) is 27.3 Å². The van der Waals surface area contributed by atoms with Gasteiger partial charge in [-0.15, -0.1) is 0 Å². The lowest BCUT2D eigenvalue weighted by Crippen LogP contribution is -2.23. The van der Waals surface area contributed by atoms with Gasteiger partial charge >= 0.3 is 0 Å². The number of carbonyl (C=O) groups excluding carboxylic acids is 1. The number of carbonyl (C=O) groups is 1. The molecule has 30 heavy (non-hydrogen) atoms. The molecule has 0 aliphatic heterocycles. The van der Waals surface area contributed by atoms with Crippen LogP contribution in [-0.4, -0.2) is 25.7 Å². The third kappa shape index (κ3) is 4.12. The largest absolute Gasteiger partial charge is 0.347 e. The Bertz CT molecular complexity index is 1200. The minimum atomic E-state index is -0.209. The van der Waals surface area contributed by atoms with Gasteiger partial charge in [-0.05, 0) is 48.7 Å². The molecule has 0 fully saturated rings. The summed E-state index contributed by atoms with van der Waals surface area (Å²) in [5.41, 5.74) is 7.22. The number of aryl methyl sites for hydroxylation is 3. The summed E-state index contributed by atoms with van der Waals surface area (Å²) in [4.78, 5) is 21.4. The average Bonchev–Trinajstić information content (AvgIpc) is 3.14. The Kier molecular flexibility index (Phi) is 5.39. The molecule has 0 bridgehead atoms. The summed E-state index contributed by atoms with van der Waals surface area (Å²) in [6.45, 7) is 4.37. The highest BCUT2D eigenvalue weighted by molar-refractivity contribution is 5.93. The third-order valence-corrected chi connectivity index (χ3v) is 4.94. The van der Waals surface area contributed by atoms with Crippen LogP contribution in [0.2, 0.25) is 0 Å². The number of aromatic nitrogens is 4. The Labute approximate surface area is 175 Å². The molecule has 0 saturated heterocycles. The van der Waals surface area contributed by atoms with Crippen LogP contribution in [0.15, 0.2) is 67.0 Å². The first-order valence-corrected chi connectivity index (χ1v) is 9.77. The highest BCUT2D eigenvalue weighted by Crippen LogP contribution is 2.22. The molecule has 1 amide bonds. The van der Waals surface area contributed by atoms with Gasteiger partial charge in [-0.1, -0.05) is 36.4 Å². The fourth-order valence-corrected chi connectivity index (χ4v) is 3.45. The summed E-state index contributed by atoms with van der Waals surface area (Å²) in [5, 5.41) is 7.30. The van der Waals surface area contributed by atoms with Crippen molar-refractivity contribution in [2.75, 3.05) is 0 Å². The summed E-state index contributed by atoms with van der Waals surface area (Å²) in [6, 6.07) is 17.7. The van der Waals surface area contributed by atoms with Gasteiger partial charge in [0.15, 0.2) is 5.69 Å². The maximum absolute atomic E-state index is 12.6. The van der Waals surface area contributed by atoms with Gasteiger partial charge in [0, 0.05) is 37.2 Å². The van der Waals surface area contributed by atoms with Crippen molar-refractivity contribution in [3.63, 3.8) is 0 Å². The van der Waals surface area contributed by atoms with Gasteiger partial charge in [0.2, 0.25) is 0 Å². The van der Waals surface area contributed by atoms with Gasteiger partial charge < -0.3 is 5.32 Å². The number of amides is 1. The second-order valence-corrected chi connectivity index (χ2v) is 7.28. The van der Waals surface area contributed by atoms with Gasteiger partial charge in [0.25, 0.3) is 5.91 Å². The van der Waals surface area contributed by atoms with E-state index in [0.29, 0.717) is 12.2 Å². The first-order chi connectivity index (χ1) is 14.5. The number of nitrogens with zero attached hydrogens (tertiary/aromatic N) is 4. The zero-order chi connectivity index (χ0) is 21.1. The third-order valence-electron chi connectivity index (χ3n) is 4.94. The lowest BCUT2D eigenvalue weighted by atomic mass is 10.1. The van der Waals surface area contributed by atoms with Crippen molar-refractivity contribution in [1.82, 2.24) is 25.1 Å². The number of rotatable bonds is 5. The van der Waals surface area contributed by atoms with E-state index in [1.165, 1.54) is 0 Å². The van der Waals surface area contributed by atoms with Gasteiger partial charge in [-0.25, -0.2) is 0 Å². The number of benzene rings is 1. The maximum atomic E-state index is 12.6. The summed E-state index contributed by atoms with van der Waals surface area (Å²) >= 11 is 0. The Morgan fingerprint density at radius 3 is 2.53 bits per heavy atom. The molecule has 0 radical (unpaired) electrons. The number of hydrogen-bond donors (Lipinski definition) is 1. The van der Waals surface area contributed by atoms with Crippen LogP contribution in [0.5, 0.6) is 0 Å². The van der Waals surface area contributed by atoms with E-state index in [1.807, 2.05) is 75.5 Å². The predicted octanol–water partition coefficient (Wildman–Crippen LogP) is 4.09. The molecule has 4 rings (SSSR count). The molecule has 3 aromatic heterocycles. The van der Waals surface area contributed by atoms with E-state index < -0.39 is 0 Å². The molecule has 6 heteroatoms. The molecule has 0 unspecified atom stereocenters. The molecule has 0 spiro atoms. The molecule has 1 aromatic carbocycles. The van der Waals surface area contributed by atoms with Crippen molar-refractivity contribution >= 4 is 5.91 Å². The van der Waals surface area contributed by atoms with Crippen LogP contribution < -0.4 is 5.32 Å². The lowest BCUT2D eigenvalue weighted by Gasteiger charge is -2.09. The zero-order valence-electron chi connectivity index (χ0n) is 17.3. The van der Waals surface area contributed by atoms with E-state index >= 15 is 0 Å². The van der Waals surface area contributed by atoms with Crippen molar-refractivity contribution in [3.05, 3.63) is 89.5 Å². The summed E-state index contributed by atoms with van der Waals surface area (Å²) < 4.78 is 1.72. The fraction of sp³-hybridized carbons (Fsp3) is 0.167. The van der Waals surface area contributed by atoms with Crippen LogP contribution in [0.4, 0.5) is 0 Å². The molecule has 4 aromatic rings. The Balaban J connectivity index is 1.46. The predicted molar refractivity (Wildman–Crippen MR) is 117 cm³/mol. The standard InChI is InChI=1S/C24H23N5O/c1-16-11-18(14-26-23(16)20-9-10-25-17(2)12-20)15-27-24(30)21-13-22(29(3)28-21)19-7-5-4-6-8-19/h4-14H,15H2,1-3H3,(H,27,30). The van der Waals surface area contributed by atoms with Crippen molar-refractivity contribution in [2.45, 2.75) is 20.4 Å². The Morgan fingerprint density at radius 1 is 1.00 bits per heavy atom. The molecule has 0 saturated carbocycles. The van der Waals surface area contributed by atoms with Crippen molar-refractivity contribution < 1.29 is 4.79 Å². The minimum absolute atomic E-state index is 0.209. The van der Waals surface area contributed by atoms with E-state index in [2.05, 4.69) is 20.4 Å². The van der Waals surface area contributed by atoms with E-state index in [0.717, 1.165) is 39.3 Å². The van der Waals surface area contributed by atoms with Crippen LogP contribution in [-0.2, 0) is 13.6 Å². The number of hydrogen-bond acceptors (Lipinski definition) is 4. The maximum Gasteiger partial charge on any atom is 0.272 e. The van der Waals surface area contributed by atoms with E-state index in [9.17, 15) is 4.79 Å². The van der Waals surface area contributed by atoms with Crippen molar-refractivity contribution in [2.24, 2.45) is 7.05 Å². The first-order valence-electron chi connectivity index (χ1n) is 9.77. The molecule has 1 N–H and O–H groups in total. The van der Waals surface area contributed by atoms with Crippen LogP contribution in [0, 0.1) is 13.8 Å². The molecular formula is C24H23N5O. The Morgan fingerprint density at radius 2 is 1.80 bits per heavy atom. The van der Waals surface area contributed by atoms with E-state index in [-0.39, 0.29) is 5.91 Å². The summed E-state index contributed by atoms with van der Waals surface area (Å²) in [5.74, 6) is -0.209. The average molecular weight is 397 g/mol. The van der Waals surface area contributed by atoms with Crippen LogP contribution in [0.3, 0.4) is 0 Å². The zero-order valence-corrected chi connectivity index (χ0v) is 17.3. The van der Waals surface area contributed by atoms with Crippen LogP contribution in [0.25, 0.3) is 22.5 Å². The van der Waals surface area contributed by atoms with Crippen LogP contribution >= 0.6 is 0 Å². The normalized spacial score (nSPS) is 10.8. The monoisotopic (exact) mass is 397 g/mol. The summed E-state index contributed by atoms with van der Waals surface area (Å²) in [7, 11) is 1.84. The molecular weight excluding hydrogens is 374 g/mol. The second kappa shape index (κ2) is 8.29. The SMILES string of the molecule is Cc1cc(-c2ncc(CNC(=O)c3cc(-c4ccccc4)n(C)n3)cc2C)ccn1. The first kappa shape index (κ1) is 19.5. The lowest BCUT2D eigenvalue weighted by molar-refractivity contribution is 0.0945. The topological polar surface area (TPSA) is 72.7 Å². The Hall–Kier alpha value is -3.80. The molecule has 0 aliphatic rings. The smallest absolute Gasteiger partial charge is 0.272 e. The molecule has 0 atom stereocenters. The minimum Gasteiger partial charge on any atom is -0.347 e. The van der Waals surface area contributed by atoms with Gasteiger partial charge in [0.1, 0.15) is 0 Å². The molecule has 0 aliphatic carbocycles. The number of nitrogens with one attached hydrogen (secondary N) is 1. The van der Waals surface area contributed by atoms with E-state index in [1.54, 1.807) is 17.1 Å². The van der Waals surface area contributed by atoms with E-state index in [4.69, 9.17) is 0 Å². The highest BCUT2D eigenvalue weighted by atomic mass is 16.1. The fourth-order valence-electron chi connectivity index (χ4n) is 3.45. The molecule has 6 nitrogen and oxygen atoms in total.